The van der Waals surface area contributed by atoms with Crippen LogP contribution in [0.2, 0.25) is 5.02 Å². The second kappa shape index (κ2) is 8.44. The molecule has 0 aliphatic carbocycles. The normalized spacial score (nSPS) is 10.4. The van der Waals surface area contributed by atoms with E-state index in [0.29, 0.717) is 18.0 Å². The molecular formula is C18H21ClN2O2. The van der Waals surface area contributed by atoms with Gasteiger partial charge in [-0.15, -0.1) is 0 Å². The van der Waals surface area contributed by atoms with Gasteiger partial charge in [-0.3, -0.25) is 4.79 Å². The molecular weight excluding hydrogens is 312 g/mol. The Kier molecular flexibility index (Phi) is 6.29. The fourth-order valence-corrected chi connectivity index (χ4v) is 2.13. The van der Waals surface area contributed by atoms with Gasteiger partial charge in [0.2, 0.25) is 5.91 Å². The van der Waals surface area contributed by atoms with Crippen molar-refractivity contribution in [3.8, 4) is 5.75 Å². The molecule has 23 heavy (non-hydrogen) atoms. The van der Waals surface area contributed by atoms with Crippen molar-refractivity contribution in [3.63, 3.8) is 0 Å². The average Bonchev–Trinajstić information content (AvgIpc) is 2.51. The Morgan fingerprint density at radius 2 is 1.65 bits per heavy atom. The number of ether oxygens (including phenoxy) is 1. The summed E-state index contributed by atoms with van der Waals surface area (Å²) < 4.78 is 5.59. The van der Waals surface area contributed by atoms with E-state index in [0.717, 1.165) is 17.1 Å². The lowest BCUT2D eigenvalue weighted by Gasteiger charge is -2.11. The van der Waals surface area contributed by atoms with Crippen LogP contribution in [0.5, 0.6) is 5.75 Å². The maximum atomic E-state index is 11.9. The van der Waals surface area contributed by atoms with Gasteiger partial charge in [-0.2, -0.15) is 0 Å². The molecule has 0 heterocycles. The van der Waals surface area contributed by atoms with E-state index in [9.17, 15) is 4.79 Å². The van der Waals surface area contributed by atoms with Crippen LogP contribution in [0, 0.1) is 0 Å². The maximum Gasteiger partial charge on any atom is 0.226 e. The number of carbonyl (C=O) groups excluding carboxylic acids is 1. The highest BCUT2D eigenvalue weighted by molar-refractivity contribution is 6.30. The fraction of sp³-hybridized carbons (Fsp3) is 0.278. The lowest BCUT2D eigenvalue weighted by atomic mass is 10.2. The first-order chi connectivity index (χ1) is 11.0. The van der Waals surface area contributed by atoms with Crippen LogP contribution in [-0.4, -0.2) is 18.6 Å². The number of amides is 1. The molecule has 2 aromatic rings. The molecule has 2 N–H and O–H groups in total. The zero-order valence-electron chi connectivity index (χ0n) is 13.3. The molecule has 0 bridgehead atoms. The minimum atomic E-state index is -0.0421. The quantitative estimate of drug-likeness (QED) is 0.781. The van der Waals surface area contributed by atoms with E-state index in [2.05, 4.69) is 10.6 Å². The Morgan fingerprint density at radius 1 is 1.04 bits per heavy atom. The molecule has 2 aromatic carbocycles. The third-order valence-corrected chi connectivity index (χ3v) is 3.29. The summed E-state index contributed by atoms with van der Waals surface area (Å²) in [7, 11) is 0. The first-order valence-electron chi connectivity index (χ1n) is 7.59. The molecule has 0 aliphatic rings. The molecule has 0 radical (unpaired) electrons. The van der Waals surface area contributed by atoms with Gasteiger partial charge in [0.1, 0.15) is 5.75 Å². The summed E-state index contributed by atoms with van der Waals surface area (Å²) in [4.78, 5) is 11.9. The predicted octanol–water partition coefficient (Wildman–Crippen LogP) is 4.57. The lowest BCUT2D eigenvalue weighted by Crippen LogP contribution is -2.16. The first-order valence-corrected chi connectivity index (χ1v) is 7.97. The Hall–Kier alpha value is -2.20. The zero-order chi connectivity index (χ0) is 16.7. The summed E-state index contributed by atoms with van der Waals surface area (Å²) in [5, 5.41) is 6.69. The summed E-state index contributed by atoms with van der Waals surface area (Å²) in [5.41, 5.74) is 1.70. The van der Waals surface area contributed by atoms with Gasteiger partial charge in [0.05, 0.1) is 6.10 Å². The number of benzene rings is 2. The number of anilines is 2. The number of nitrogens with one attached hydrogen (secondary N) is 2. The van der Waals surface area contributed by atoms with Gasteiger partial charge in [0, 0.05) is 29.4 Å². The van der Waals surface area contributed by atoms with Crippen LogP contribution in [0.3, 0.4) is 0 Å². The van der Waals surface area contributed by atoms with Crippen molar-refractivity contribution < 1.29 is 9.53 Å². The molecule has 4 nitrogen and oxygen atoms in total. The molecule has 0 unspecified atom stereocenters. The van der Waals surface area contributed by atoms with Crippen LogP contribution in [-0.2, 0) is 4.79 Å². The zero-order valence-corrected chi connectivity index (χ0v) is 14.1. The Labute approximate surface area is 141 Å². The molecule has 0 aromatic heterocycles. The molecule has 0 atom stereocenters. The highest BCUT2D eigenvalue weighted by Crippen LogP contribution is 2.17. The van der Waals surface area contributed by atoms with Crippen molar-refractivity contribution in [3.05, 3.63) is 53.6 Å². The summed E-state index contributed by atoms with van der Waals surface area (Å²) >= 11 is 5.81. The van der Waals surface area contributed by atoms with Crippen LogP contribution in [0.1, 0.15) is 20.3 Å². The molecule has 0 aliphatic heterocycles. The van der Waals surface area contributed by atoms with Crippen LogP contribution >= 0.6 is 11.6 Å². The van der Waals surface area contributed by atoms with Crippen LogP contribution in [0.25, 0.3) is 0 Å². The monoisotopic (exact) mass is 332 g/mol. The molecule has 2 rings (SSSR count). The van der Waals surface area contributed by atoms with E-state index < -0.39 is 0 Å². The molecule has 0 saturated carbocycles. The molecule has 5 heteroatoms. The number of hydrogen-bond acceptors (Lipinski definition) is 3. The Balaban J connectivity index is 1.73. The van der Waals surface area contributed by atoms with Crippen molar-refractivity contribution >= 4 is 28.9 Å². The number of rotatable bonds is 7. The lowest BCUT2D eigenvalue weighted by molar-refractivity contribution is -0.115. The minimum Gasteiger partial charge on any atom is -0.491 e. The van der Waals surface area contributed by atoms with Gasteiger partial charge >= 0.3 is 0 Å². The van der Waals surface area contributed by atoms with Gasteiger partial charge < -0.3 is 15.4 Å². The SMILES string of the molecule is CC(C)Oc1ccc(NCCC(=O)Nc2ccc(Cl)cc2)cc1. The average molecular weight is 333 g/mol. The standard InChI is InChI=1S/C18H21ClN2O2/c1-13(2)23-17-9-7-15(8-10-17)20-12-11-18(22)21-16-5-3-14(19)4-6-16/h3-10,13,20H,11-12H2,1-2H3,(H,21,22). The molecule has 1 amide bonds. The first kappa shape index (κ1) is 17.2. The van der Waals surface area contributed by atoms with Crippen molar-refractivity contribution in [2.24, 2.45) is 0 Å². The van der Waals surface area contributed by atoms with Gasteiger partial charge in [0.15, 0.2) is 0 Å². The highest BCUT2D eigenvalue weighted by Gasteiger charge is 2.03. The molecule has 122 valence electrons. The van der Waals surface area contributed by atoms with Gasteiger partial charge in [-0.05, 0) is 62.4 Å². The fourth-order valence-electron chi connectivity index (χ4n) is 2.00. The summed E-state index contributed by atoms with van der Waals surface area (Å²) in [6.45, 7) is 4.54. The summed E-state index contributed by atoms with van der Waals surface area (Å²) in [6, 6.07) is 14.8. The predicted molar refractivity (Wildman–Crippen MR) is 95.4 cm³/mol. The number of hydrogen-bond donors (Lipinski definition) is 2. The van der Waals surface area contributed by atoms with E-state index >= 15 is 0 Å². The number of carbonyl (C=O) groups is 1. The van der Waals surface area contributed by atoms with E-state index in [-0.39, 0.29) is 12.0 Å². The van der Waals surface area contributed by atoms with E-state index in [1.54, 1.807) is 24.3 Å². The van der Waals surface area contributed by atoms with Gasteiger partial charge in [0.25, 0.3) is 0 Å². The smallest absolute Gasteiger partial charge is 0.226 e. The highest BCUT2D eigenvalue weighted by atomic mass is 35.5. The summed E-state index contributed by atoms with van der Waals surface area (Å²) in [5.74, 6) is 0.797. The third kappa shape index (κ3) is 6.20. The maximum absolute atomic E-state index is 11.9. The van der Waals surface area contributed by atoms with Gasteiger partial charge in [-0.25, -0.2) is 0 Å². The summed E-state index contributed by atoms with van der Waals surface area (Å²) in [6.07, 6.45) is 0.540. The second-order valence-corrected chi connectivity index (χ2v) is 5.86. The third-order valence-electron chi connectivity index (χ3n) is 3.04. The topological polar surface area (TPSA) is 50.4 Å². The molecule has 0 fully saturated rings. The van der Waals surface area contributed by atoms with E-state index in [4.69, 9.17) is 16.3 Å². The Bertz CT molecular complexity index is 624. The van der Waals surface area contributed by atoms with Crippen LogP contribution < -0.4 is 15.4 Å². The largest absolute Gasteiger partial charge is 0.491 e. The van der Waals surface area contributed by atoms with Crippen molar-refractivity contribution in [2.45, 2.75) is 26.4 Å². The minimum absolute atomic E-state index is 0.0421. The van der Waals surface area contributed by atoms with Crippen LogP contribution in [0.15, 0.2) is 48.5 Å². The van der Waals surface area contributed by atoms with Gasteiger partial charge in [-0.1, -0.05) is 11.6 Å². The van der Waals surface area contributed by atoms with E-state index in [1.807, 2.05) is 38.1 Å². The van der Waals surface area contributed by atoms with Crippen molar-refractivity contribution in [1.29, 1.82) is 0 Å². The molecule has 0 saturated heterocycles. The van der Waals surface area contributed by atoms with Crippen molar-refractivity contribution in [2.75, 3.05) is 17.2 Å². The van der Waals surface area contributed by atoms with Crippen LogP contribution in [0.4, 0.5) is 11.4 Å². The molecule has 0 spiro atoms. The number of halogens is 1. The Morgan fingerprint density at radius 3 is 2.26 bits per heavy atom. The van der Waals surface area contributed by atoms with E-state index in [1.165, 1.54) is 0 Å². The van der Waals surface area contributed by atoms with Crippen molar-refractivity contribution in [1.82, 2.24) is 0 Å². The second-order valence-electron chi connectivity index (χ2n) is 5.42.